The van der Waals surface area contributed by atoms with Gasteiger partial charge in [0.05, 0.1) is 11.3 Å². The van der Waals surface area contributed by atoms with Crippen molar-refractivity contribution in [1.29, 1.82) is 0 Å². The summed E-state index contributed by atoms with van der Waals surface area (Å²) in [4.78, 5) is 12.1. The number of benzene rings is 1. The first kappa shape index (κ1) is 13.3. The molecule has 1 saturated carbocycles. The van der Waals surface area contributed by atoms with Crippen LogP contribution in [0, 0.1) is 5.82 Å². The van der Waals surface area contributed by atoms with E-state index in [-0.39, 0.29) is 17.6 Å². The van der Waals surface area contributed by atoms with Gasteiger partial charge in [-0.05, 0) is 40.9 Å². The molecule has 0 atom stereocenters. The van der Waals surface area contributed by atoms with Crippen LogP contribution in [0.25, 0.3) is 0 Å². The van der Waals surface area contributed by atoms with E-state index < -0.39 is 5.82 Å². The first-order chi connectivity index (χ1) is 8.58. The number of hydrogen-bond acceptors (Lipinski definition) is 2. The lowest BCUT2D eigenvalue weighted by Crippen LogP contribution is -2.36. The standard InChI is InChI=1S/C13H16BrFN2O/c14-10-7-11(15)12(16)6-9(10)13(18)17-8-4-2-1-3-5-8/h6-8H,1-5,16H2,(H,17,18). The van der Waals surface area contributed by atoms with Gasteiger partial charge in [-0.15, -0.1) is 0 Å². The lowest BCUT2D eigenvalue weighted by atomic mass is 9.95. The SMILES string of the molecule is Nc1cc(C(=O)NC2CCCCC2)c(Br)cc1F. The first-order valence-electron chi connectivity index (χ1n) is 6.13. The van der Waals surface area contributed by atoms with Crippen LogP contribution in [0.3, 0.4) is 0 Å². The highest BCUT2D eigenvalue weighted by Gasteiger charge is 2.19. The highest BCUT2D eigenvalue weighted by atomic mass is 79.9. The van der Waals surface area contributed by atoms with Crippen molar-refractivity contribution >= 4 is 27.5 Å². The number of hydrogen-bond donors (Lipinski definition) is 2. The normalized spacial score (nSPS) is 16.6. The summed E-state index contributed by atoms with van der Waals surface area (Å²) in [6, 6.07) is 2.83. The molecule has 0 saturated heterocycles. The van der Waals surface area contributed by atoms with Gasteiger partial charge in [0.1, 0.15) is 5.82 Å². The summed E-state index contributed by atoms with van der Waals surface area (Å²) in [5.74, 6) is -0.712. The van der Waals surface area contributed by atoms with Crippen molar-refractivity contribution in [2.24, 2.45) is 0 Å². The average Bonchev–Trinajstić information content (AvgIpc) is 2.35. The fraction of sp³-hybridized carbons (Fsp3) is 0.462. The van der Waals surface area contributed by atoms with Crippen LogP contribution >= 0.6 is 15.9 Å². The number of rotatable bonds is 2. The van der Waals surface area contributed by atoms with E-state index in [2.05, 4.69) is 21.2 Å². The molecule has 3 N–H and O–H groups in total. The van der Waals surface area contributed by atoms with E-state index in [4.69, 9.17) is 5.73 Å². The van der Waals surface area contributed by atoms with Gasteiger partial charge in [0.2, 0.25) is 0 Å². The Labute approximate surface area is 114 Å². The summed E-state index contributed by atoms with van der Waals surface area (Å²) in [6.45, 7) is 0. The molecule has 1 aromatic rings. The third-order valence-corrected chi connectivity index (χ3v) is 3.93. The minimum Gasteiger partial charge on any atom is -0.396 e. The second-order valence-corrected chi connectivity index (χ2v) is 5.52. The predicted octanol–water partition coefficient (Wildman–Crippen LogP) is 3.23. The average molecular weight is 315 g/mol. The Bertz CT molecular complexity index is 459. The van der Waals surface area contributed by atoms with Crippen LogP contribution in [0.4, 0.5) is 10.1 Å². The van der Waals surface area contributed by atoms with Crippen molar-refractivity contribution in [2.45, 2.75) is 38.1 Å². The number of nitrogen functional groups attached to an aromatic ring is 1. The zero-order chi connectivity index (χ0) is 13.1. The van der Waals surface area contributed by atoms with Gasteiger partial charge in [-0.3, -0.25) is 4.79 Å². The second kappa shape index (κ2) is 5.69. The summed E-state index contributed by atoms with van der Waals surface area (Å²) in [5.41, 5.74) is 5.87. The lowest BCUT2D eigenvalue weighted by molar-refractivity contribution is 0.0927. The fourth-order valence-electron chi connectivity index (χ4n) is 2.25. The van der Waals surface area contributed by atoms with E-state index in [1.165, 1.54) is 18.6 Å². The van der Waals surface area contributed by atoms with Crippen molar-refractivity contribution in [3.8, 4) is 0 Å². The van der Waals surface area contributed by atoms with Crippen LogP contribution < -0.4 is 11.1 Å². The molecule has 1 amide bonds. The van der Waals surface area contributed by atoms with E-state index in [0.717, 1.165) is 25.7 Å². The molecular formula is C13H16BrFN2O. The van der Waals surface area contributed by atoms with E-state index in [0.29, 0.717) is 10.0 Å². The van der Waals surface area contributed by atoms with Gasteiger partial charge in [-0.2, -0.15) is 0 Å². The van der Waals surface area contributed by atoms with Crippen molar-refractivity contribution in [2.75, 3.05) is 5.73 Å². The summed E-state index contributed by atoms with van der Waals surface area (Å²) in [7, 11) is 0. The topological polar surface area (TPSA) is 55.1 Å². The van der Waals surface area contributed by atoms with Crippen molar-refractivity contribution in [3.63, 3.8) is 0 Å². The molecule has 3 nitrogen and oxygen atoms in total. The monoisotopic (exact) mass is 314 g/mol. The fourth-order valence-corrected chi connectivity index (χ4v) is 2.75. The van der Waals surface area contributed by atoms with Crippen molar-refractivity contribution in [3.05, 3.63) is 28.0 Å². The van der Waals surface area contributed by atoms with Gasteiger partial charge < -0.3 is 11.1 Å². The highest BCUT2D eigenvalue weighted by molar-refractivity contribution is 9.10. The summed E-state index contributed by atoms with van der Waals surface area (Å²) in [6.07, 6.45) is 5.56. The molecule has 0 radical (unpaired) electrons. The van der Waals surface area contributed by atoms with Crippen molar-refractivity contribution in [1.82, 2.24) is 5.32 Å². The Morgan fingerprint density at radius 1 is 1.33 bits per heavy atom. The third-order valence-electron chi connectivity index (χ3n) is 3.27. The third kappa shape index (κ3) is 3.02. The van der Waals surface area contributed by atoms with Gasteiger partial charge in [0.15, 0.2) is 0 Å². The maximum Gasteiger partial charge on any atom is 0.252 e. The van der Waals surface area contributed by atoms with E-state index in [1.807, 2.05) is 0 Å². The number of halogens is 2. The summed E-state index contributed by atoms with van der Waals surface area (Å²) < 4.78 is 13.6. The minimum atomic E-state index is -0.518. The smallest absolute Gasteiger partial charge is 0.252 e. The number of anilines is 1. The number of nitrogens with one attached hydrogen (secondary N) is 1. The molecule has 2 rings (SSSR count). The van der Waals surface area contributed by atoms with Crippen LogP contribution in [0.15, 0.2) is 16.6 Å². The molecule has 1 fully saturated rings. The molecule has 1 aromatic carbocycles. The number of nitrogens with two attached hydrogens (primary N) is 1. The highest BCUT2D eigenvalue weighted by Crippen LogP contribution is 2.24. The molecule has 98 valence electrons. The quantitative estimate of drug-likeness (QED) is 0.823. The Balaban J connectivity index is 2.10. The number of carbonyl (C=O) groups excluding carboxylic acids is 1. The molecule has 0 spiro atoms. The summed E-state index contributed by atoms with van der Waals surface area (Å²) in [5, 5.41) is 2.98. The Morgan fingerprint density at radius 2 is 2.00 bits per heavy atom. The Hall–Kier alpha value is -1.10. The molecule has 1 aliphatic rings. The zero-order valence-corrected chi connectivity index (χ0v) is 11.6. The van der Waals surface area contributed by atoms with Crippen LogP contribution in [-0.4, -0.2) is 11.9 Å². The van der Waals surface area contributed by atoms with E-state index in [1.54, 1.807) is 0 Å². The largest absolute Gasteiger partial charge is 0.396 e. The van der Waals surface area contributed by atoms with Gasteiger partial charge in [-0.1, -0.05) is 19.3 Å². The maximum atomic E-state index is 13.2. The number of carbonyl (C=O) groups is 1. The second-order valence-electron chi connectivity index (χ2n) is 4.66. The first-order valence-corrected chi connectivity index (χ1v) is 6.92. The van der Waals surface area contributed by atoms with Gasteiger partial charge in [0.25, 0.3) is 5.91 Å². The maximum absolute atomic E-state index is 13.2. The molecule has 0 heterocycles. The Morgan fingerprint density at radius 3 is 2.67 bits per heavy atom. The minimum absolute atomic E-state index is 0.00741. The molecule has 0 aliphatic heterocycles. The lowest BCUT2D eigenvalue weighted by Gasteiger charge is -2.23. The van der Waals surface area contributed by atoms with E-state index in [9.17, 15) is 9.18 Å². The molecule has 18 heavy (non-hydrogen) atoms. The molecule has 0 aromatic heterocycles. The zero-order valence-electron chi connectivity index (χ0n) is 10.0. The van der Waals surface area contributed by atoms with Crippen LogP contribution in [-0.2, 0) is 0 Å². The van der Waals surface area contributed by atoms with Crippen LogP contribution in [0.1, 0.15) is 42.5 Å². The molecule has 1 aliphatic carbocycles. The molecule has 0 bridgehead atoms. The number of amides is 1. The van der Waals surface area contributed by atoms with Gasteiger partial charge in [-0.25, -0.2) is 4.39 Å². The Kier molecular flexibility index (Phi) is 4.22. The summed E-state index contributed by atoms with van der Waals surface area (Å²) >= 11 is 3.19. The van der Waals surface area contributed by atoms with Crippen LogP contribution in [0.5, 0.6) is 0 Å². The molecule has 0 unspecified atom stereocenters. The van der Waals surface area contributed by atoms with Crippen molar-refractivity contribution < 1.29 is 9.18 Å². The predicted molar refractivity (Wildman–Crippen MR) is 72.9 cm³/mol. The molecule has 5 heteroatoms. The van der Waals surface area contributed by atoms with E-state index >= 15 is 0 Å². The van der Waals surface area contributed by atoms with Gasteiger partial charge in [0, 0.05) is 10.5 Å². The molecular weight excluding hydrogens is 299 g/mol. The van der Waals surface area contributed by atoms with Gasteiger partial charge >= 0.3 is 0 Å². The van der Waals surface area contributed by atoms with Crippen LogP contribution in [0.2, 0.25) is 0 Å².